The Bertz CT molecular complexity index is 536. The summed E-state index contributed by atoms with van der Waals surface area (Å²) in [6.07, 6.45) is 3.62. The zero-order valence-corrected chi connectivity index (χ0v) is 14.1. The van der Waals surface area contributed by atoms with E-state index >= 15 is 0 Å². The quantitative estimate of drug-likeness (QED) is 0.736. The fraction of sp³-hybridized carbons (Fsp3) is 0.333. The van der Waals surface area contributed by atoms with Crippen LogP contribution in [0.4, 0.5) is 0 Å². The molecule has 2 aromatic rings. The van der Waals surface area contributed by atoms with Gasteiger partial charge < -0.3 is 5.11 Å². The summed E-state index contributed by atoms with van der Waals surface area (Å²) in [7, 11) is 0. The van der Waals surface area contributed by atoms with Crippen LogP contribution in [-0.4, -0.2) is 22.7 Å². The molecule has 0 aliphatic rings. The van der Waals surface area contributed by atoms with E-state index in [0.717, 1.165) is 19.6 Å². The van der Waals surface area contributed by atoms with Gasteiger partial charge in [0.05, 0.1) is 6.10 Å². The van der Waals surface area contributed by atoms with Crippen LogP contribution in [0.2, 0.25) is 0 Å². The standard InChI is InChI=1S/C21H27NO/c1-18(2)21(23)14-9-15-22(16-19-10-5-3-6-11-19)17-20-12-7-4-8-13-20/h3-14,18,21,23H,15-17H2,1-2H3/b14-9+. The zero-order chi connectivity index (χ0) is 16.5. The molecule has 0 aromatic heterocycles. The summed E-state index contributed by atoms with van der Waals surface area (Å²) < 4.78 is 0. The molecule has 2 heteroatoms. The zero-order valence-electron chi connectivity index (χ0n) is 14.1. The van der Waals surface area contributed by atoms with E-state index in [4.69, 9.17) is 0 Å². The highest BCUT2D eigenvalue weighted by Crippen LogP contribution is 2.10. The van der Waals surface area contributed by atoms with Gasteiger partial charge >= 0.3 is 0 Å². The Morgan fingerprint density at radius 1 is 0.870 bits per heavy atom. The molecule has 0 heterocycles. The Hall–Kier alpha value is -1.90. The fourth-order valence-electron chi connectivity index (χ4n) is 2.44. The van der Waals surface area contributed by atoms with Crippen molar-refractivity contribution in [1.82, 2.24) is 4.90 Å². The summed E-state index contributed by atoms with van der Waals surface area (Å²) in [4.78, 5) is 2.38. The highest BCUT2D eigenvalue weighted by atomic mass is 16.3. The third-order valence-electron chi connectivity index (χ3n) is 3.88. The molecule has 1 unspecified atom stereocenters. The van der Waals surface area contributed by atoms with Crippen LogP contribution in [0.3, 0.4) is 0 Å². The van der Waals surface area contributed by atoms with Crippen molar-refractivity contribution in [3.63, 3.8) is 0 Å². The molecule has 122 valence electrons. The van der Waals surface area contributed by atoms with Crippen LogP contribution in [0.1, 0.15) is 25.0 Å². The minimum absolute atomic E-state index is 0.253. The molecule has 1 N–H and O–H groups in total. The van der Waals surface area contributed by atoms with E-state index in [-0.39, 0.29) is 12.0 Å². The minimum atomic E-state index is -0.370. The predicted octanol–water partition coefficient (Wildman–Crippen LogP) is 4.26. The predicted molar refractivity (Wildman–Crippen MR) is 97.0 cm³/mol. The number of hydrogen-bond acceptors (Lipinski definition) is 2. The first-order valence-corrected chi connectivity index (χ1v) is 8.30. The second kappa shape index (κ2) is 9.29. The summed E-state index contributed by atoms with van der Waals surface area (Å²) in [5.74, 6) is 0.253. The van der Waals surface area contributed by atoms with Crippen molar-refractivity contribution < 1.29 is 5.11 Å². The van der Waals surface area contributed by atoms with Crippen molar-refractivity contribution >= 4 is 0 Å². The molecule has 0 aliphatic carbocycles. The Morgan fingerprint density at radius 3 is 1.78 bits per heavy atom. The van der Waals surface area contributed by atoms with Gasteiger partial charge in [-0.15, -0.1) is 0 Å². The van der Waals surface area contributed by atoms with Crippen LogP contribution in [-0.2, 0) is 13.1 Å². The van der Waals surface area contributed by atoms with Crippen molar-refractivity contribution in [3.8, 4) is 0 Å². The summed E-state index contributed by atoms with van der Waals surface area (Å²) in [6.45, 7) is 6.69. The van der Waals surface area contributed by atoms with Crippen LogP contribution in [0.25, 0.3) is 0 Å². The van der Waals surface area contributed by atoms with Crippen molar-refractivity contribution in [2.75, 3.05) is 6.54 Å². The molecule has 0 spiro atoms. The van der Waals surface area contributed by atoms with E-state index in [1.54, 1.807) is 0 Å². The van der Waals surface area contributed by atoms with Gasteiger partial charge in [0.25, 0.3) is 0 Å². The molecule has 0 fully saturated rings. The Balaban J connectivity index is 2.02. The van der Waals surface area contributed by atoms with E-state index in [1.807, 2.05) is 32.1 Å². The van der Waals surface area contributed by atoms with Gasteiger partial charge in [0, 0.05) is 19.6 Å². The lowest BCUT2D eigenvalue weighted by Crippen LogP contribution is -2.23. The molecule has 0 saturated carbocycles. The first-order valence-electron chi connectivity index (χ1n) is 8.30. The molecule has 0 radical (unpaired) electrons. The van der Waals surface area contributed by atoms with Crippen molar-refractivity contribution in [1.29, 1.82) is 0 Å². The molecule has 2 rings (SSSR count). The molecule has 0 aliphatic heterocycles. The van der Waals surface area contributed by atoms with Gasteiger partial charge in [0.1, 0.15) is 0 Å². The fourth-order valence-corrected chi connectivity index (χ4v) is 2.44. The van der Waals surface area contributed by atoms with Gasteiger partial charge in [-0.25, -0.2) is 0 Å². The lowest BCUT2D eigenvalue weighted by molar-refractivity contribution is 0.171. The Kier molecular flexibility index (Phi) is 7.05. The van der Waals surface area contributed by atoms with Crippen LogP contribution < -0.4 is 0 Å². The molecule has 0 amide bonds. The van der Waals surface area contributed by atoms with Crippen molar-refractivity contribution in [2.24, 2.45) is 5.92 Å². The van der Waals surface area contributed by atoms with Gasteiger partial charge in [-0.3, -0.25) is 4.90 Å². The maximum Gasteiger partial charge on any atom is 0.0744 e. The number of rotatable bonds is 8. The lowest BCUT2D eigenvalue weighted by atomic mass is 10.1. The molecular formula is C21H27NO. The van der Waals surface area contributed by atoms with Crippen molar-refractivity contribution in [2.45, 2.75) is 33.0 Å². The smallest absolute Gasteiger partial charge is 0.0744 e. The first kappa shape index (κ1) is 17.5. The van der Waals surface area contributed by atoms with E-state index in [0.29, 0.717) is 0 Å². The Labute approximate surface area is 140 Å². The molecule has 2 nitrogen and oxygen atoms in total. The Morgan fingerprint density at radius 2 is 1.35 bits per heavy atom. The highest BCUT2D eigenvalue weighted by molar-refractivity contribution is 5.17. The van der Waals surface area contributed by atoms with Gasteiger partial charge in [-0.05, 0) is 17.0 Å². The van der Waals surface area contributed by atoms with Crippen LogP contribution in [0.15, 0.2) is 72.8 Å². The summed E-state index contributed by atoms with van der Waals surface area (Å²) in [5, 5.41) is 9.91. The third kappa shape index (κ3) is 6.39. The summed E-state index contributed by atoms with van der Waals surface area (Å²) in [5.41, 5.74) is 2.61. The van der Waals surface area contributed by atoms with Gasteiger partial charge in [0.2, 0.25) is 0 Å². The maximum atomic E-state index is 9.91. The van der Waals surface area contributed by atoms with Crippen LogP contribution in [0.5, 0.6) is 0 Å². The largest absolute Gasteiger partial charge is 0.389 e. The molecular weight excluding hydrogens is 282 g/mol. The van der Waals surface area contributed by atoms with E-state index in [2.05, 4.69) is 59.5 Å². The minimum Gasteiger partial charge on any atom is -0.389 e. The third-order valence-corrected chi connectivity index (χ3v) is 3.88. The molecule has 0 bridgehead atoms. The molecule has 0 saturated heterocycles. The second-order valence-electron chi connectivity index (χ2n) is 6.30. The van der Waals surface area contributed by atoms with Crippen LogP contribution in [0, 0.1) is 5.92 Å². The average Bonchev–Trinajstić information content (AvgIpc) is 2.56. The molecule has 2 aromatic carbocycles. The monoisotopic (exact) mass is 309 g/mol. The number of aliphatic hydroxyl groups excluding tert-OH is 1. The van der Waals surface area contributed by atoms with Gasteiger partial charge in [-0.1, -0.05) is 86.7 Å². The lowest BCUT2D eigenvalue weighted by Gasteiger charge is -2.21. The van der Waals surface area contributed by atoms with E-state index in [1.165, 1.54) is 11.1 Å². The number of aliphatic hydroxyl groups is 1. The summed E-state index contributed by atoms with van der Waals surface area (Å²) >= 11 is 0. The normalized spacial score (nSPS) is 13.1. The van der Waals surface area contributed by atoms with Gasteiger partial charge in [-0.2, -0.15) is 0 Å². The number of nitrogens with zero attached hydrogens (tertiary/aromatic N) is 1. The highest BCUT2D eigenvalue weighted by Gasteiger charge is 2.07. The number of hydrogen-bond donors (Lipinski definition) is 1. The molecule has 23 heavy (non-hydrogen) atoms. The average molecular weight is 309 g/mol. The molecule has 1 atom stereocenters. The van der Waals surface area contributed by atoms with Crippen LogP contribution >= 0.6 is 0 Å². The summed E-state index contributed by atoms with van der Waals surface area (Å²) in [6, 6.07) is 21.0. The second-order valence-corrected chi connectivity index (χ2v) is 6.30. The van der Waals surface area contributed by atoms with E-state index in [9.17, 15) is 5.11 Å². The van der Waals surface area contributed by atoms with Crippen molar-refractivity contribution in [3.05, 3.63) is 83.9 Å². The number of benzene rings is 2. The SMILES string of the molecule is CC(C)C(O)/C=C/CN(Cc1ccccc1)Cc1ccccc1. The van der Waals surface area contributed by atoms with Gasteiger partial charge in [0.15, 0.2) is 0 Å². The topological polar surface area (TPSA) is 23.5 Å². The van der Waals surface area contributed by atoms with E-state index < -0.39 is 0 Å². The maximum absolute atomic E-state index is 9.91. The first-order chi connectivity index (χ1) is 11.1.